The van der Waals surface area contributed by atoms with E-state index in [1.807, 2.05) is 20.8 Å². The number of aryl methyl sites for hydroxylation is 1. The van der Waals surface area contributed by atoms with Gasteiger partial charge in [0.05, 0.1) is 32.5 Å². The van der Waals surface area contributed by atoms with Gasteiger partial charge in [0.25, 0.3) is 0 Å². The normalized spacial score (nSPS) is 11.1. The van der Waals surface area contributed by atoms with Gasteiger partial charge in [0, 0.05) is 29.4 Å². The van der Waals surface area contributed by atoms with E-state index in [2.05, 4.69) is 20.6 Å². The molecule has 7 nitrogen and oxygen atoms in total. The molecule has 1 heterocycles. The monoisotopic (exact) mass is 564 g/mol. The minimum Gasteiger partial charge on any atom is -0.496 e. The van der Waals surface area contributed by atoms with Crippen LogP contribution in [0.2, 0.25) is 0 Å². The molecule has 2 N–H and O–H groups in total. The van der Waals surface area contributed by atoms with Crippen LogP contribution in [0.5, 0.6) is 17.2 Å². The minimum atomic E-state index is -2.96. The molecular formula is C22H31F2IN4O3. The van der Waals surface area contributed by atoms with Gasteiger partial charge in [-0.25, -0.2) is 4.99 Å². The van der Waals surface area contributed by atoms with Crippen LogP contribution in [0, 0.1) is 13.8 Å². The molecule has 0 spiro atoms. The van der Waals surface area contributed by atoms with E-state index in [0.717, 1.165) is 22.6 Å². The number of nitrogens with one attached hydrogen (secondary N) is 2. The van der Waals surface area contributed by atoms with E-state index in [0.29, 0.717) is 31.2 Å². The number of para-hydroxylation sites is 1. The maximum absolute atomic E-state index is 12.9. The SMILES string of the molecule is CCNC(=NCc1cccc(OCC)c1OC(F)F)NCc1ncc(C)c(OC)c1C.I. The molecule has 1 aromatic heterocycles. The van der Waals surface area contributed by atoms with Crippen molar-refractivity contribution in [2.24, 2.45) is 4.99 Å². The fraction of sp³-hybridized carbons (Fsp3) is 0.455. The summed E-state index contributed by atoms with van der Waals surface area (Å²) in [5.41, 5.74) is 3.23. The van der Waals surface area contributed by atoms with Gasteiger partial charge in [0.15, 0.2) is 17.5 Å². The van der Waals surface area contributed by atoms with Crippen LogP contribution in [-0.4, -0.2) is 37.8 Å². The third-order valence-electron chi connectivity index (χ3n) is 4.49. The van der Waals surface area contributed by atoms with Crippen LogP contribution >= 0.6 is 24.0 Å². The summed E-state index contributed by atoms with van der Waals surface area (Å²) in [6.07, 6.45) is 1.76. The third-order valence-corrected chi connectivity index (χ3v) is 4.49. The second-order valence-electron chi connectivity index (χ2n) is 6.65. The summed E-state index contributed by atoms with van der Waals surface area (Å²) < 4.78 is 41.4. The van der Waals surface area contributed by atoms with E-state index < -0.39 is 6.61 Å². The van der Waals surface area contributed by atoms with Crippen LogP contribution in [0.4, 0.5) is 8.78 Å². The van der Waals surface area contributed by atoms with E-state index in [-0.39, 0.29) is 42.0 Å². The van der Waals surface area contributed by atoms with Crippen molar-refractivity contribution in [3.63, 3.8) is 0 Å². The highest BCUT2D eigenvalue weighted by Gasteiger charge is 2.16. The molecule has 0 aliphatic carbocycles. The maximum Gasteiger partial charge on any atom is 0.387 e. The van der Waals surface area contributed by atoms with Gasteiger partial charge < -0.3 is 24.8 Å². The summed E-state index contributed by atoms with van der Waals surface area (Å²) in [6, 6.07) is 5.00. The molecule has 0 fully saturated rings. The first kappa shape index (κ1) is 27.7. The fourth-order valence-electron chi connectivity index (χ4n) is 3.10. The quantitative estimate of drug-likeness (QED) is 0.250. The van der Waals surface area contributed by atoms with Gasteiger partial charge in [0.2, 0.25) is 0 Å². The summed E-state index contributed by atoms with van der Waals surface area (Å²) in [6.45, 7) is 6.18. The topological polar surface area (TPSA) is 77.0 Å². The van der Waals surface area contributed by atoms with Gasteiger partial charge in [-0.2, -0.15) is 8.78 Å². The number of hydrogen-bond acceptors (Lipinski definition) is 5. The number of aliphatic imine (C=N–C) groups is 1. The lowest BCUT2D eigenvalue weighted by molar-refractivity contribution is -0.0520. The summed E-state index contributed by atoms with van der Waals surface area (Å²) in [4.78, 5) is 8.98. The largest absolute Gasteiger partial charge is 0.496 e. The van der Waals surface area contributed by atoms with Crippen molar-refractivity contribution in [2.75, 3.05) is 20.3 Å². The first-order valence-electron chi connectivity index (χ1n) is 10.1. The van der Waals surface area contributed by atoms with Crippen molar-refractivity contribution >= 4 is 29.9 Å². The van der Waals surface area contributed by atoms with Crippen molar-refractivity contribution in [3.8, 4) is 17.2 Å². The summed E-state index contributed by atoms with van der Waals surface area (Å²) in [5.74, 6) is 1.59. The number of aromatic nitrogens is 1. The molecule has 0 aliphatic heterocycles. The van der Waals surface area contributed by atoms with Crippen molar-refractivity contribution in [1.29, 1.82) is 0 Å². The van der Waals surface area contributed by atoms with E-state index in [4.69, 9.17) is 14.2 Å². The average Bonchev–Trinajstić information content (AvgIpc) is 2.73. The van der Waals surface area contributed by atoms with Gasteiger partial charge >= 0.3 is 6.61 Å². The minimum absolute atomic E-state index is 0. The number of rotatable bonds is 10. The molecule has 2 aromatic rings. The maximum atomic E-state index is 12.9. The molecule has 0 unspecified atom stereocenters. The Balaban J connectivity index is 0.00000512. The predicted molar refractivity (Wildman–Crippen MR) is 132 cm³/mol. The lowest BCUT2D eigenvalue weighted by Gasteiger charge is -2.16. The number of alkyl halides is 2. The summed E-state index contributed by atoms with van der Waals surface area (Å²) in [7, 11) is 1.63. The van der Waals surface area contributed by atoms with Gasteiger partial charge in [-0.1, -0.05) is 12.1 Å². The number of benzene rings is 1. The number of nitrogens with zero attached hydrogens (tertiary/aromatic N) is 2. The molecule has 32 heavy (non-hydrogen) atoms. The number of halogens is 3. The Labute approximate surface area is 205 Å². The van der Waals surface area contributed by atoms with Gasteiger partial charge in [-0.3, -0.25) is 4.98 Å². The average molecular weight is 564 g/mol. The predicted octanol–water partition coefficient (Wildman–Crippen LogP) is 4.58. The second kappa shape index (κ2) is 13.9. The van der Waals surface area contributed by atoms with Crippen molar-refractivity contribution in [2.45, 2.75) is 47.4 Å². The summed E-state index contributed by atoms with van der Waals surface area (Å²) in [5, 5.41) is 6.36. The molecule has 0 radical (unpaired) electrons. The molecule has 0 bridgehead atoms. The molecule has 0 aliphatic rings. The van der Waals surface area contributed by atoms with Gasteiger partial charge in [-0.05, 0) is 33.8 Å². The molecule has 2 rings (SSSR count). The zero-order chi connectivity index (χ0) is 22.8. The van der Waals surface area contributed by atoms with Crippen molar-refractivity contribution in [3.05, 3.63) is 46.8 Å². The first-order chi connectivity index (χ1) is 14.9. The van der Waals surface area contributed by atoms with Gasteiger partial charge in [-0.15, -0.1) is 24.0 Å². The van der Waals surface area contributed by atoms with Crippen molar-refractivity contribution < 1.29 is 23.0 Å². The molecule has 178 valence electrons. The van der Waals surface area contributed by atoms with Crippen LogP contribution in [0.3, 0.4) is 0 Å². The van der Waals surface area contributed by atoms with Crippen LogP contribution in [0.15, 0.2) is 29.4 Å². The molecular weight excluding hydrogens is 533 g/mol. The van der Waals surface area contributed by atoms with E-state index in [1.54, 1.807) is 38.4 Å². The Morgan fingerprint density at radius 1 is 1.16 bits per heavy atom. The van der Waals surface area contributed by atoms with Crippen LogP contribution < -0.4 is 24.8 Å². The number of methoxy groups -OCH3 is 1. The van der Waals surface area contributed by atoms with E-state index >= 15 is 0 Å². The summed E-state index contributed by atoms with van der Waals surface area (Å²) >= 11 is 0. The highest BCUT2D eigenvalue weighted by molar-refractivity contribution is 14.0. The number of pyridine rings is 1. The standard InChI is InChI=1S/C22H30F2N4O3.HI/c1-6-25-22(28-13-17-15(4)19(29-5)14(3)11-26-17)27-12-16-9-8-10-18(30-7-2)20(16)31-21(23)24;/h8-11,21H,6-7,12-13H2,1-5H3,(H2,25,27,28);1H. The smallest absolute Gasteiger partial charge is 0.387 e. The lowest BCUT2D eigenvalue weighted by atomic mass is 10.1. The number of hydrogen-bond donors (Lipinski definition) is 2. The molecule has 0 atom stereocenters. The van der Waals surface area contributed by atoms with Gasteiger partial charge in [0.1, 0.15) is 5.75 Å². The Hall–Kier alpha value is -2.37. The highest BCUT2D eigenvalue weighted by Crippen LogP contribution is 2.33. The molecule has 10 heteroatoms. The highest BCUT2D eigenvalue weighted by atomic mass is 127. The molecule has 0 saturated heterocycles. The van der Waals surface area contributed by atoms with E-state index in [1.165, 1.54) is 0 Å². The van der Waals surface area contributed by atoms with Crippen LogP contribution in [0.1, 0.15) is 36.2 Å². The van der Waals surface area contributed by atoms with Crippen LogP contribution in [0.25, 0.3) is 0 Å². The molecule has 0 amide bonds. The third kappa shape index (κ3) is 7.64. The van der Waals surface area contributed by atoms with E-state index in [9.17, 15) is 8.78 Å². The zero-order valence-electron chi connectivity index (χ0n) is 19.0. The van der Waals surface area contributed by atoms with Crippen molar-refractivity contribution in [1.82, 2.24) is 15.6 Å². The number of guanidine groups is 1. The fourth-order valence-corrected chi connectivity index (χ4v) is 3.10. The Morgan fingerprint density at radius 3 is 2.53 bits per heavy atom. The lowest BCUT2D eigenvalue weighted by Crippen LogP contribution is -2.37. The Bertz CT molecular complexity index is 898. The number of ether oxygens (including phenoxy) is 3. The Morgan fingerprint density at radius 2 is 1.91 bits per heavy atom. The Kier molecular flexibility index (Phi) is 12.0. The van der Waals surface area contributed by atoms with Crippen LogP contribution in [-0.2, 0) is 13.1 Å². The molecule has 1 aromatic carbocycles. The zero-order valence-corrected chi connectivity index (χ0v) is 21.3. The second-order valence-corrected chi connectivity index (χ2v) is 6.65. The first-order valence-corrected chi connectivity index (χ1v) is 10.1. The molecule has 0 saturated carbocycles.